The first-order chi connectivity index (χ1) is 22.0. The van der Waals surface area contributed by atoms with E-state index < -0.39 is 5.41 Å². The van der Waals surface area contributed by atoms with Crippen molar-refractivity contribution in [3.63, 3.8) is 0 Å². The van der Waals surface area contributed by atoms with E-state index in [2.05, 4.69) is 9.80 Å². The van der Waals surface area contributed by atoms with E-state index >= 15 is 4.79 Å². The van der Waals surface area contributed by atoms with Gasteiger partial charge >= 0.3 is 0 Å². The Morgan fingerprint density at radius 2 is 1.42 bits per heavy atom. The van der Waals surface area contributed by atoms with Crippen LogP contribution in [0.5, 0.6) is 0 Å². The lowest BCUT2D eigenvalue weighted by Gasteiger charge is -2.62. The van der Waals surface area contributed by atoms with Crippen molar-refractivity contribution in [1.29, 1.82) is 0 Å². The van der Waals surface area contributed by atoms with Crippen LogP contribution in [0.2, 0.25) is 0 Å². The van der Waals surface area contributed by atoms with Gasteiger partial charge in [0.2, 0.25) is 11.8 Å². The largest absolute Gasteiger partial charge is 0.396 e. The lowest BCUT2D eigenvalue weighted by molar-refractivity contribution is -0.169. The van der Waals surface area contributed by atoms with E-state index in [4.69, 9.17) is 4.74 Å². The van der Waals surface area contributed by atoms with E-state index in [-0.39, 0.29) is 24.7 Å². The van der Waals surface area contributed by atoms with Crippen LogP contribution in [0.15, 0.2) is 11.1 Å². The van der Waals surface area contributed by atoms with E-state index in [0.29, 0.717) is 41.5 Å². The lowest BCUT2D eigenvalue weighted by Crippen LogP contribution is -2.70. The van der Waals surface area contributed by atoms with Crippen molar-refractivity contribution in [1.82, 2.24) is 9.80 Å². The average molecular weight is 623 g/mol. The number of fused-ring (bicyclic) bond motifs is 2. The van der Waals surface area contributed by atoms with Gasteiger partial charge in [-0.15, -0.1) is 0 Å². The predicted octanol–water partition coefficient (Wildman–Crippen LogP) is 7.43. The van der Waals surface area contributed by atoms with Crippen LogP contribution < -0.4 is 0 Å². The van der Waals surface area contributed by atoms with Crippen LogP contribution in [0.25, 0.3) is 0 Å². The van der Waals surface area contributed by atoms with Crippen molar-refractivity contribution >= 4 is 11.8 Å². The predicted molar refractivity (Wildman–Crippen MR) is 177 cm³/mol. The van der Waals surface area contributed by atoms with Gasteiger partial charge in [-0.05, 0) is 126 Å². The molecule has 1 saturated heterocycles. The van der Waals surface area contributed by atoms with Crippen LogP contribution in [0.3, 0.4) is 0 Å². The van der Waals surface area contributed by atoms with Crippen LogP contribution in [0, 0.1) is 35.0 Å². The molecule has 0 aromatic heterocycles. The summed E-state index contributed by atoms with van der Waals surface area (Å²) in [7, 11) is 1.86. The van der Waals surface area contributed by atoms with Crippen molar-refractivity contribution in [3.05, 3.63) is 11.1 Å². The molecule has 0 bridgehead atoms. The molecule has 2 aliphatic heterocycles. The van der Waals surface area contributed by atoms with Crippen LogP contribution in [-0.2, 0) is 14.3 Å². The molecule has 0 aromatic carbocycles. The van der Waals surface area contributed by atoms with E-state index in [0.717, 1.165) is 95.7 Å². The molecule has 45 heavy (non-hydrogen) atoms. The zero-order valence-electron chi connectivity index (χ0n) is 28.4. The molecule has 2 amide bonds. The molecule has 4 unspecified atom stereocenters. The van der Waals surface area contributed by atoms with Gasteiger partial charge in [-0.3, -0.25) is 9.59 Å². The number of nitrogens with zero attached hydrogens (tertiary/aromatic N) is 2. The molecule has 7 aliphatic rings. The zero-order valence-corrected chi connectivity index (χ0v) is 28.4. The highest BCUT2D eigenvalue weighted by molar-refractivity contribution is 6.01. The second-order valence-electron chi connectivity index (χ2n) is 16.6. The third kappa shape index (κ3) is 5.95. The maximum atomic E-state index is 15.8. The van der Waals surface area contributed by atoms with Crippen molar-refractivity contribution in [2.75, 3.05) is 26.8 Å². The third-order valence-electron chi connectivity index (χ3n) is 14.2. The van der Waals surface area contributed by atoms with Gasteiger partial charge in [0.1, 0.15) is 0 Å². The Labute approximate surface area is 273 Å². The molecule has 5 aliphatic carbocycles. The molecule has 252 valence electrons. The van der Waals surface area contributed by atoms with Gasteiger partial charge in [0.15, 0.2) is 0 Å². The minimum atomic E-state index is -0.565. The van der Waals surface area contributed by atoms with E-state index in [9.17, 15) is 9.90 Å². The van der Waals surface area contributed by atoms with Crippen molar-refractivity contribution in [2.45, 2.75) is 159 Å². The summed E-state index contributed by atoms with van der Waals surface area (Å²) < 4.78 is 6.07. The maximum Gasteiger partial charge on any atom is 0.250 e. The topological polar surface area (TPSA) is 70.1 Å². The summed E-state index contributed by atoms with van der Waals surface area (Å²) in [5, 5.41) is 10.1. The fraction of sp³-hybridized carbons (Fsp3) is 0.897. The summed E-state index contributed by atoms with van der Waals surface area (Å²) in [6, 6.07) is 0.338. The smallest absolute Gasteiger partial charge is 0.250 e. The summed E-state index contributed by atoms with van der Waals surface area (Å²) in [5.41, 5.74) is 1.76. The van der Waals surface area contributed by atoms with Gasteiger partial charge in [-0.25, -0.2) is 0 Å². The number of aliphatic hydroxyl groups excluding tert-OH is 1. The number of carbonyl (C=O) groups excluding carboxylic acids is 2. The first kappa shape index (κ1) is 32.2. The number of likely N-dealkylation sites (tertiary alicyclic amines) is 1. The minimum Gasteiger partial charge on any atom is -0.396 e. The Morgan fingerprint density at radius 3 is 2.20 bits per heavy atom. The molecule has 4 saturated carbocycles. The standard InChI is InChI=1S/C39H62N2O4/c1-45-35-18-10-6-14-31(35)25-41-36(29-21-19-28(26-42)20-22-29)39(33-16-8-7-15-32(33)37(41)43)23-30-13-5-9-17-34(30)40(38(39)44)24-27-11-3-2-4-12-27/h27-31,34-36,42H,2-26H2,1H3/t28?,29?,30?,31?,34?,35?,36-,39-/m0/s1. The second-order valence-corrected chi connectivity index (χ2v) is 16.6. The summed E-state index contributed by atoms with van der Waals surface area (Å²) in [6.45, 7) is 1.94. The van der Waals surface area contributed by atoms with Crippen LogP contribution >= 0.6 is 0 Å². The average Bonchev–Trinajstić information content (AvgIpc) is 3.09. The highest BCUT2D eigenvalue weighted by atomic mass is 16.5. The Kier molecular flexibility index (Phi) is 10.00. The summed E-state index contributed by atoms with van der Waals surface area (Å²) in [4.78, 5) is 35.5. The molecule has 1 N–H and O–H groups in total. The van der Waals surface area contributed by atoms with Crippen molar-refractivity contribution in [3.8, 4) is 0 Å². The zero-order chi connectivity index (χ0) is 31.0. The van der Waals surface area contributed by atoms with E-state index in [1.165, 1.54) is 69.8 Å². The second kappa shape index (κ2) is 14.0. The Hall–Kier alpha value is -1.40. The SMILES string of the molecule is COC1CCCCC1CN1C(=O)C2=C(CCCC2)[C@@]2(CC3CCCCC3N(CC3CCCCC3)C2=O)[C@@H]1C1CCC(CO)CC1. The highest BCUT2D eigenvalue weighted by Gasteiger charge is 2.64. The molecule has 6 heteroatoms. The number of ether oxygens (including phenoxy) is 1. The van der Waals surface area contributed by atoms with Crippen LogP contribution in [0.4, 0.5) is 0 Å². The normalized spacial score (nSPS) is 40.1. The number of amides is 2. The number of aliphatic hydroxyl groups is 1. The molecular weight excluding hydrogens is 560 g/mol. The summed E-state index contributed by atoms with van der Waals surface area (Å²) in [6.07, 6.45) is 25.2. The van der Waals surface area contributed by atoms with Crippen molar-refractivity contribution < 1.29 is 19.4 Å². The van der Waals surface area contributed by atoms with Gasteiger partial charge in [0, 0.05) is 44.3 Å². The van der Waals surface area contributed by atoms with Crippen molar-refractivity contribution in [2.24, 2.45) is 35.0 Å². The Bertz CT molecular complexity index is 1090. The quantitative estimate of drug-likeness (QED) is 0.321. The number of piperidine rings is 1. The van der Waals surface area contributed by atoms with E-state index in [1.54, 1.807) is 0 Å². The fourth-order valence-corrected chi connectivity index (χ4v) is 12.0. The molecule has 2 heterocycles. The fourth-order valence-electron chi connectivity index (χ4n) is 12.0. The van der Waals surface area contributed by atoms with Crippen LogP contribution in [0.1, 0.15) is 141 Å². The minimum absolute atomic E-state index is 0.0508. The first-order valence-electron chi connectivity index (χ1n) is 19.5. The molecule has 6 atom stereocenters. The highest BCUT2D eigenvalue weighted by Crippen LogP contribution is 2.59. The number of carbonyl (C=O) groups is 2. The molecule has 0 radical (unpaired) electrons. The van der Waals surface area contributed by atoms with Gasteiger partial charge in [-0.2, -0.15) is 0 Å². The lowest BCUT2D eigenvalue weighted by atomic mass is 9.53. The molecule has 7 rings (SSSR count). The number of rotatable bonds is 7. The molecule has 0 aromatic rings. The number of hydrogen-bond donors (Lipinski definition) is 1. The molecule has 5 fully saturated rings. The van der Waals surface area contributed by atoms with Gasteiger partial charge in [0.05, 0.1) is 17.6 Å². The number of methoxy groups -OCH3 is 1. The van der Waals surface area contributed by atoms with Gasteiger partial charge in [-0.1, -0.05) is 44.9 Å². The first-order valence-corrected chi connectivity index (χ1v) is 19.5. The molecule has 1 spiro atoms. The monoisotopic (exact) mass is 622 g/mol. The van der Waals surface area contributed by atoms with Gasteiger partial charge in [0.25, 0.3) is 0 Å². The summed E-state index contributed by atoms with van der Waals surface area (Å²) in [5.74, 6) is 2.88. The van der Waals surface area contributed by atoms with Gasteiger partial charge < -0.3 is 19.6 Å². The Balaban J connectivity index is 1.34. The van der Waals surface area contributed by atoms with Crippen LogP contribution in [-0.4, -0.2) is 71.7 Å². The van der Waals surface area contributed by atoms with E-state index in [1.807, 2.05) is 7.11 Å². The maximum absolute atomic E-state index is 15.8. The Morgan fingerprint density at radius 1 is 0.711 bits per heavy atom. The third-order valence-corrected chi connectivity index (χ3v) is 14.2. The summed E-state index contributed by atoms with van der Waals surface area (Å²) >= 11 is 0. The molecular formula is C39H62N2O4. The number of hydrogen-bond acceptors (Lipinski definition) is 4. The molecule has 6 nitrogen and oxygen atoms in total.